The first kappa shape index (κ1) is 17.0. The van der Waals surface area contributed by atoms with Gasteiger partial charge in [-0.15, -0.1) is 0 Å². The molecule has 1 aliphatic rings. The molecule has 0 unspecified atom stereocenters. The van der Waals surface area contributed by atoms with Crippen LogP contribution in [0.15, 0.2) is 66.9 Å². The van der Waals surface area contributed by atoms with Crippen LogP contribution in [-0.2, 0) is 6.54 Å². The first-order valence-electron chi connectivity index (χ1n) is 8.35. The topological polar surface area (TPSA) is 37.3 Å². The lowest BCUT2D eigenvalue weighted by Gasteiger charge is -2.37. The number of fused-ring (bicyclic) bond motifs is 1. The van der Waals surface area contributed by atoms with E-state index in [1.807, 2.05) is 53.6 Å². The number of hydrogen-bond donors (Lipinski definition) is 1. The molecule has 4 rings (SSSR count). The van der Waals surface area contributed by atoms with Crippen LogP contribution in [0.25, 0.3) is 0 Å². The lowest BCUT2D eigenvalue weighted by Crippen LogP contribution is -2.44. The van der Waals surface area contributed by atoms with Gasteiger partial charge in [-0.1, -0.05) is 41.4 Å². The minimum Gasteiger partial charge on any atom is -0.348 e. The van der Waals surface area contributed by atoms with Gasteiger partial charge in [-0.05, 0) is 48.0 Å². The van der Waals surface area contributed by atoms with Crippen molar-refractivity contribution in [3.8, 4) is 0 Å². The van der Waals surface area contributed by atoms with Crippen LogP contribution in [0, 0.1) is 0 Å². The highest BCUT2D eigenvalue weighted by Crippen LogP contribution is 2.33. The maximum Gasteiger partial charge on any atom is 0.322 e. The fourth-order valence-corrected chi connectivity index (χ4v) is 3.68. The number of anilines is 1. The Labute approximate surface area is 161 Å². The highest BCUT2D eigenvalue weighted by Gasteiger charge is 2.32. The van der Waals surface area contributed by atoms with Gasteiger partial charge in [0.2, 0.25) is 0 Å². The average molecular weight is 386 g/mol. The van der Waals surface area contributed by atoms with Gasteiger partial charge in [-0.25, -0.2) is 4.79 Å². The van der Waals surface area contributed by atoms with Crippen molar-refractivity contribution in [3.05, 3.63) is 88.2 Å². The average Bonchev–Trinajstić information content (AvgIpc) is 3.10. The molecule has 26 heavy (non-hydrogen) atoms. The lowest BCUT2D eigenvalue weighted by molar-refractivity contribution is 0.182. The Morgan fingerprint density at radius 2 is 1.77 bits per heavy atom. The summed E-state index contributed by atoms with van der Waals surface area (Å²) in [6, 6.07) is 18.5. The molecule has 0 saturated heterocycles. The second kappa shape index (κ2) is 7.06. The molecule has 1 aromatic heterocycles. The van der Waals surface area contributed by atoms with E-state index in [0.29, 0.717) is 22.3 Å². The zero-order chi connectivity index (χ0) is 18.1. The number of benzene rings is 2. The normalized spacial score (nSPS) is 16.2. The molecule has 1 N–H and O–H groups in total. The molecule has 0 fully saturated rings. The van der Waals surface area contributed by atoms with Gasteiger partial charge in [0, 0.05) is 40.7 Å². The molecule has 4 nitrogen and oxygen atoms in total. The third-order valence-corrected chi connectivity index (χ3v) is 5.05. The fourth-order valence-electron chi connectivity index (χ4n) is 3.36. The summed E-state index contributed by atoms with van der Waals surface area (Å²) >= 11 is 12.1. The predicted molar refractivity (Wildman–Crippen MR) is 105 cm³/mol. The summed E-state index contributed by atoms with van der Waals surface area (Å²) < 4.78 is 2.18. The van der Waals surface area contributed by atoms with Gasteiger partial charge in [0.15, 0.2) is 0 Å². The molecule has 2 heterocycles. The number of halogens is 2. The number of hydrogen-bond acceptors (Lipinski definition) is 1. The number of carbonyl (C=O) groups is 1. The van der Waals surface area contributed by atoms with E-state index in [0.717, 1.165) is 17.8 Å². The first-order chi connectivity index (χ1) is 12.6. The standard InChI is InChI=1S/C20H17Cl2N3O/c21-15-8-6-14(7-9-15)19-18-5-2-10-24(18)11-12-25(19)20(26)23-17-4-1-3-16(22)13-17/h1-10,13,19H,11-12H2,(H,23,26)/t19-/m0/s1. The van der Waals surface area contributed by atoms with E-state index in [-0.39, 0.29) is 12.1 Å². The van der Waals surface area contributed by atoms with Gasteiger partial charge in [-0.2, -0.15) is 0 Å². The van der Waals surface area contributed by atoms with Gasteiger partial charge in [-0.3, -0.25) is 0 Å². The molecule has 132 valence electrons. The van der Waals surface area contributed by atoms with Gasteiger partial charge in [0.1, 0.15) is 0 Å². The Bertz CT molecular complexity index is 936. The molecule has 0 saturated carbocycles. The maximum atomic E-state index is 13.0. The Morgan fingerprint density at radius 3 is 2.54 bits per heavy atom. The van der Waals surface area contributed by atoms with Crippen LogP contribution >= 0.6 is 23.2 Å². The molecule has 2 amide bonds. The van der Waals surface area contributed by atoms with E-state index in [1.54, 1.807) is 12.1 Å². The highest BCUT2D eigenvalue weighted by molar-refractivity contribution is 6.31. The summed E-state index contributed by atoms with van der Waals surface area (Å²) in [5.74, 6) is 0. The zero-order valence-corrected chi connectivity index (χ0v) is 15.4. The lowest BCUT2D eigenvalue weighted by atomic mass is 10.0. The monoisotopic (exact) mass is 385 g/mol. The molecule has 1 atom stereocenters. The van der Waals surface area contributed by atoms with Crippen LogP contribution in [0.5, 0.6) is 0 Å². The first-order valence-corrected chi connectivity index (χ1v) is 9.11. The summed E-state index contributed by atoms with van der Waals surface area (Å²) in [6.07, 6.45) is 2.05. The molecule has 0 aliphatic carbocycles. The third-order valence-electron chi connectivity index (χ3n) is 4.56. The quantitative estimate of drug-likeness (QED) is 0.626. The summed E-state index contributed by atoms with van der Waals surface area (Å²) in [5.41, 5.74) is 2.79. The van der Waals surface area contributed by atoms with Gasteiger partial charge in [0.25, 0.3) is 0 Å². The van der Waals surface area contributed by atoms with Crippen molar-refractivity contribution in [1.82, 2.24) is 9.47 Å². The summed E-state index contributed by atoms with van der Waals surface area (Å²) in [6.45, 7) is 1.37. The Morgan fingerprint density at radius 1 is 0.962 bits per heavy atom. The van der Waals surface area contributed by atoms with E-state index in [4.69, 9.17) is 23.2 Å². The zero-order valence-electron chi connectivity index (χ0n) is 13.9. The van der Waals surface area contributed by atoms with E-state index in [9.17, 15) is 4.79 Å². The number of aromatic nitrogens is 1. The van der Waals surface area contributed by atoms with Crippen molar-refractivity contribution in [3.63, 3.8) is 0 Å². The molecule has 0 radical (unpaired) electrons. The van der Waals surface area contributed by atoms with Crippen molar-refractivity contribution >= 4 is 34.9 Å². The molecule has 1 aliphatic heterocycles. The molecule has 0 spiro atoms. The summed E-state index contributed by atoms with van der Waals surface area (Å²) in [7, 11) is 0. The molecule has 2 aromatic carbocycles. The molecular formula is C20H17Cl2N3O. The van der Waals surface area contributed by atoms with Crippen LogP contribution in [0.1, 0.15) is 17.3 Å². The Kier molecular flexibility index (Phi) is 4.62. The number of rotatable bonds is 2. The minimum atomic E-state index is -0.171. The molecule has 6 heteroatoms. The molecule has 3 aromatic rings. The van der Waals surface area contributed by atoms with Crippen LogP contribution in [0.2, 0.25) is 10.0 Å². The van der Waals surface area contributed by atoms with Crippen LogP contribution in [0.4, 0.5) is 10.5 Å². The van der Waals surface area contributed by atoms with Crippen molar-refractivity contribution in [2.75, 3.05) is 11.9 Å². The van der Waals surface area contributed by atoms with E-state index < -0.39 is 0 Å². The van der Waals surface area contributed by atoms with Crippen LogP contribution < -0.4 is 5.32 Å². The Balaban J connectivity index is 1.67. The SMILES string of the molecule is O=C(Nc1cccc(Cl)c1)N1CCn2cccc2[C@@H]1c1ccc(Cl)cc1. The summed E-state index contributed by atoms with van der Waals surface area (Å²) in [5, 5.41) is 4.22. The van der Waals surface area contributed by atoms with Crippen LogP contribution in [-0.4, -0.2) is 22.0 Å². The van der Waals surface area contributed by atoms with Gasteiger partial charge >= 0.3 is 6.03 Å². The van der Waals surface area contributed by atoms with Gasteiger partial charge < -0.3 is 14.8 Å². The fraction of sp³-hybridized carbons (Fsp3) is 0.150. The second-order valence-electron chi connectivity index (χ2n) is 6.21. The minimum absolute atomic E-state index is 0.153. The number of urea groups is 1. The smallest absolute Gasteiger partial charge is 0.322 e. The number of nitrogens with one attached hydrogen (secondary N) is 1. The number of nitrogens with zero attached hydrogens (tertiary/aromatic N) is 2. The highest BCUT2D eigenvalue weighted by atomic mass is 35.5. The van der Waals surface area contributed by atoms with Gasteiger partial charge in [0.05, 0.1) is 6.04 Å². The van der Waals surface area contributed by atoms with Crippen molar-refractivity contribution in [1.29, 1.82) is 0 Å². The second-order valence-corrected chi connectivity index (χ2v) is 7.09. The number of amides is 2. The largest absolute Gasteiger partial charge is 0.348 e. The van der Waals surface area contributed by atoms with Crippen LogP contribution in [0.3, 0.4) is 0 Å². The third kappa shape index (κ3) is 3.30. The Hall–Kier alpha value is -2.43. The maximum absolute atomic E-state index is 13.0. The number of carbonyl (C=O) groups excluding carboxylic acids is 1. The molecule has 0 bridgehead atoms. The summed E-state index contributed by atoms with van der Waals surface area (Å²) in [4.78, 5) is 14.8. The van der Waals surface area contributed by atoms with E-state index in [2.05, 4.69) is 16.0 Å². The van der Waals surface area contributed by atoms with Crippen molar-refractivity contribution in [2.45, 2.75) is 12.6 Å². The van der Waals surface area contributed by atoms with Crippen molar-refractivity contribution < 1.29 is 4.79 Å². The van der Waals surface area contributed by atoms with Crippen molar-refractivity contribution in [2.24, 2.45) is 0 Å². The molecular weight excluding hydrogens is 369 g/mol. The van der Waals surface area contributed by atoms with E-state index >= 15 is 0 Å². The van der Waals surface area contributed by atoms with E-state index in [1.165, 1.54) is 0 Å². The predicted octanol–water partition coefficient (Wildman–Crippen LogP) is 5.43.